The van der Waals surface area contributed by atoms with Gasteiger partial charge in [0.15, 0.2) is 6.10 Å². The third-order valence-corrected chi connectivity index (χ3v) is 8.49. The summed E-state index contributed by atoms with van der Waals surface area (Å²) in [4.78, 5) is 27.6. The summed E-state index contributed by atoms with van der Waals surface area (Å²) in [5.41, 5.74) is 1.37. The van der Waals surface area contributed by atoms with Crippen molar-refractivity contribution in [3.05, 3.63) is 88.4 Å². The summed E-state index contributed by atoms with van der Waals surface area (Å²) in [6, 6.07) is 20.3. The van der Waals surface area contributed by atoms with Crippen molar-refractivity contribution in [2.75, 3.05) is 24.5 Å². The van der Waals surface area contributed by atoms with Gasteiger partial charge in [0.1, 0.15) is 10.6 Å². The van der Waals surface area contributed by atoms with Gasteiger partial charge in [-0.1, -0.05) is 72.6 Å². The molecular weight excluding hydrogens is 537 g/mol. The lowest BCUT2D eigenvalue weighted by atomic mass is 10.1. The molecule has 1 N–H and O–H groups in total. The van der Waals surface area contributed by atoms with Crippen LogP contribution in [-0.4, -0.2) is 50.3 Å². The molecule has 0 aliphatic carbocycles. The van der Waals surface area contributed by atoms with Crippen LogP contribution in [0.2, 0.25) is 10.0 Å². The van der Waals surface area contributed by atoms with Crippen molar-refractivity contribution in [1.82, 2.24) is 9.62 Å². The van der Waals surface area contributed by atoms with Gasteiger partial charge in [0.2, 0.25) is 15.9 Å². The molecule has 0 bridgehead atoms. The minimum absolute atomic E-state index is 0.00201. The smallest absolute Gasteiger partial charge is 0.263 e. The van der Waals surface area contributed by atoms with Crippen molar-refractivity contribution in [1.29, 1.82) is 0 Å². The molecule has 1 aliphatic heterocycles. The molecule has 1 aliphatic rings. The summed E-state index contributed by atoms with van der Waals surface area (Å²) < 4.78 is 33.5. The zero-order valence-corrected chi connectivity index (χ0v) is 22.3. The molecule has 0 aromatic heterocycles. The van der Waals surface area contributed by atoms with Gasteiger partial charge in [0, 0.05) is 18.1 Å². The number of fused-ring (bicyclic) bond motifs is 1. The van der Waals surface area contributed by atoms with Crippen molar-refractivity contribution in [3.63, 3.8) is 0 Å². The number of anilines is 1. The first-order valence-electron chi connectivity index (χ1n) is 11.5. The summed E-state index contributed by atoms with van der Waals surface area (Å²) in [5.74, 6) is -0.548. The van der Waals surface area contributed by atoms with Crippen molar-refractivity contribution in [2.45, 2.75) is 24.5 Å². The maximum absolute atomic E-state index is 13.5. The number of ether oxygens (including phenoxy) is 1. The average molecular weight is 562 g/mol. The fraction of sp³-hybridized carbons (Fsp3) is 0.231. The minimum atomic E-state index is -4.13. The molecule has 0 saturated carbocycles. The van der Waals surface area contributed by atoms with Crippen LogP contribution in [0.1, 0.15) is 12.5 Å². The second kappa shape index (κ2) is 11.5. The van der Waals surface area contributed by atoms with Crippen molar-refractivity contribution in [2.24, 2.45) is 0 Å². The van der Waals surface area contributed by atoms with Crippen LogP contribution in [0.5, 0.6) is 5.75 Å². The van der Waals surface area contributed by atoms with Crippen LogP contribution in [0.25, 0.3) is 0 Å². The van der Waals surface area contributed by atoms with E-state index >= 15 is 0 Å². The number of nitrogens with zero attached hydrogens (tertiary/aromatic N) is 2. The van der Waals surface area contributed by atoms with E-state index in [-0.39, 0.29) is 33.9 Å². The van der Waals surface area contributed by atoms with Crippen molar-refractivity contribution < 1.29 is 22.7 Å². The Balaban J connectivity index is 1.54. The minimum Gasteiger partial charge on any atom is -0.477 e. The van der Waals surface area contributed by atoms with Crippen LogP contribution in [0, 0.1) is 0 Å². The summed E-state index contributed by atoms with van der Waals surface area (Å²) in [7, 11) is -4.13. The first-order chi connectivity index (χ1) is 17.7. The Bertz CT molecular complexity index is 1400. The molecule has 8 nitrogen and oxygen atoms in total. The molecule has 1 atom stereocenters. The normalized spacial score (nSPS) is 15.1. The summed E-state index contributed by atoms with van der Waals surface area (Å²) in [6.07, 6.45) is -0.975. The average Bonchev–Trinajstić information content (AvgIpc) is 2.91. The van der Waals surface area contributed by atoms with Gasteiger partial charge in [-0.2, -0.15) is 4.31 Å². The lowest BCUT2D eigenvalue weighted by Crippen LogP contribution is -2.53. The topological polar surface area (TPSA) is 96.0 Å². The highest BCUT2D eigenvalue weighted by Gasteiger charge is 2.36. The summed E-state index contributed by atoms with van der Waals surface area (Å²) in [5, 5.41) is 3.04. The zero-order valence-electron chi connectivity index (χ0n) is 19.9. The highest BCUT2D eigenvalue weighted by atomic mass is 35.5. The van der Waals surface area contributed by atoms with Gasteiger partial charge in [-0.3, -0.25) is 9.59 Å². The molecule has 3 aromatic carbocycles. The molecule has 0 unspecified atom stereocenters. The van der Waals surface area contributed by atoms with E-state index in [0.29, 0.717) is 18.0 Å². The number of halogens is 2. The number of benzene rings is 3. The number of likely N-dealkylation sites (N-methyl/N-ethyl adjacent to an activating group) is 1. The molecule has 11 heteroatoms. The van der Waals surface area contributed by atoms with E-state index in [1.807, 2.05) is 30.3 Å². The monoisotopic (exact) mass is 561 g/mol. The lowest BCUT2D eigenvalue weighted by Gasteiger charge is -2.35. The number of amides is 2. The molecule has 0 saturated heterocycles. The van der Waals surface area contributed by atoms with Crippen LogP contribution in [0.4, 0.5) is 5.69 Å². The van der Waals surface area contributed by atoms with E-state index < -0.39 is 28.6 Å². The Morgan fingerprint density at radius 1 is 1.05 bits per heavy atom. The van der Waals surface area contributed by atoms with Gasteiger partial charge >= 0.3 is 0 Å². The molecule has 1 heterocycles. The quantitative estimate of drug-likeness (QED) is 0.446. The Labute approximate surface area is 225 Å². The molecule has 194 valence electrons. The maximum Gasteiger partial charge on any atom is 0.263 e. The summed E-state index contributed by atoms with van der Waals surface area (Å²) in [6.45, 7) is 1.40. The van der Waals surface area contributed by atoms with E-state index in [0.717, 1.165) is 9.87 Å². The Morgan fingerprint density at radius 3 is 2.49 bits per heavy atom. The number of hydrogen-bond donors (Lipinski definition) is 1. The second-order valence-corrected chi connectivity index (χ2v) is 11.0. The van der Waals surface area contributed by atoms with Crippen molar-refractivity contribution >= 4 is 50.7 Å². The van der Waals surface area contributed by atoms with Crippen LogP contribution >= 0.6 is 23.2 Å². The molecule has 37 heavy (non-hydrogen) atoms. The lowest BCUT2D eigenvalue weighted by molar-refractivity contribution is -0.128. The third kappa shape index (κ3) is 6.07. The Hall–Kier alpha value is -3.11. The van der Waals surface area contributed by atoms with E-state index in [9.17, 15) is 18.0 Å². The highest BCUT2D eigenvalue weighted by molar-refractivity contribution is 7.89. The number of nitrogens with one attached hydrogen (secondary N) is 1. The first kappa shape index (κ1) is 26.9. The number of carbonyl (C=O) groups is 2. The van der Waals surface area contributed by atoms with Gasteiger partial charge in [-0.05, 0) is 35.9 Å². The van der Waals surface area contributed by atoms with Crippen molar-refractivity contribution in [3.8, 4) is 5.75 Å². The SMILES string of the molecule is CCN(CC(=O)N1C[C@H](C(=O)NCc2ccccc2)Oc2ccccc21)S(=O)(=O)c1cc(Cl)ccc1Cl. The van der Waals surface area contributed by atoms with E-state index in [2.05, 4.69) is 5.32 Å². The number of rotatable bonds is 8. The van der Waals surface area contributed by atoms with Gasteiger partial charge in [0.05, 0.1) is 23.8 Å². The van der Waals surface area contributed by atoms with E-state index in [4.69, 9.17) is 27.9 Å². The first-order valence-corrected chi connectivity index (χ1v) is 13.7. The predicted octanol–water partition coefficient (Wildman–Crippen LogP) is 4.11. The van der Waals surface area contributed by atoms with Crippen LogP contribution in [0.15, 0.2) is 77.7 Å². The summed E-state index contributed by atoms with van der Waals surface area (Å²) >= 11 is 12.1. The molecule has 0 spiro atoms. The van der Waals surface area contributed by atoms with Gasteiger partial charge in [-0.15, -0.1) is 0 Å². The number of hydrogen-bond acceptors (Lipinski definition) is 5. The molecular formula is C26H25Cl2N3O5S. The zero-order chi connectivity index (χ0) is 26.6. The van der Waals surface area contributed by atoms with E-state index in [1.54, 1.807) is 31.2 Å². The van der Waals surface area contributed by atoms with Gasteiger partial charge in [-0.25, -0.2) is 8.42 Å². The Morgan fingerprint density at radius 2 is 1.76 bits per heavy atom. The third-order valence-electron chi connectivity index (χ3n) is 5.85. The number of para-hydroxylation sites is 2. The maximum atomic E-state index is 13.5. The van der Waals surface area contributed by atoms with Crippen LogP contribution in [0.3, 0.4) is 0 Å². The Kier molecular flexibility index (Phi) is 8.39. The van der Waals surface area contributed by atoms with Gasteiger partial charge < -0.3 is 15.0 Å². The molecule has 2 amide bonds. The molecule has 4 rings (SSSR count). The number of sulfonamides is 1. The fourth-order valence-electron chi connectivity index (χ4n) is 3.92. The predicted molar refractivity (Wildman–Crippen MR) is 142 cm³/mol. The largest absolute Gasteiger partial charge is 0.477 e. The van der Waals surface area contributed by atoms with E-state index in [1.165, 1.54) is 23.1 Å². The van der Waals surface area contributed by atoms with Crippen LogP contribution in [-0.2, 0) is 26.2 Å². The standard InChI is InChI=1S/C26H25Cl2N3O5S/c1-2-30(37(34,35)24-14-19(27)12-13-20(24)28)17-25(32)31-16-23(36-22-11-7-6-10-21(22)31)26(33)29-15-18-8-4-3-5-9-18/h3-14,23H,2,15-17H2,1H3,(H,29,33)/t23-/m1/s1. The van der Waals surface area contributed by atoms with Gasteiger partial charge in [0.25, 0.3) is 5.91 Å². The van der Waals surface area contributed by atoms with Crippen LogP contribution < -0.4 is 15.0 Å². The second-order valence-electron chi connectivity index (χ2n) is 8.29. The number of carbonyl (C=O) groups excluding carboxylic acids is 2. The highest BCUT2D eigenvalue weighted by Crippen LogP contribution is 2.34. The molecule has 0 radical (unpaired) electrons. The molecule has 0 fully saturated rings. The molecule has 3 aromatic rings. The fourth-order valence-corrected chi connectivity index (χ4v) is 6.06.